The average molecular weight is 298 g/mol. The van der Waals surface area contributed by atoms with Gasteiger partial charge >= 0.3 is 11.9 Å². The Morgan fingerprint density at radius 2 is 1.57 bits per heavy atom. The van der Waals surface area contributed by atoms with Gasteiger partial charge in [0.05, 0.1) is 7.11 Å². The topological polar surface area (TPSA) is 61.8 Å². The summed E-state index contributed by atoms with van der Waals surface area (Å²) in [6.07, 6.45) is 0.992. The van der Waals surface area contributed by atoms with E-state index in [1.807, 2.05) is 0 Å². The number of carbonyl (C=O) groups excluding carboxylic acids is 2. The molecule has 0 radical (unpaired) electrons. The summed E-state index contributed by atoms with van der Waals surface area (Å²) in [5.41, 5.74) is -0.479. The van der Waals surface area contributed by atoms with Crippen molar-refractivity contribution in [2.75, 3.05) is 7.11 Å². The molecule has 0 bridgehead atoms. The Hall–Kier alpha value is -2.44. The number of methoxy groups -OCH3 is 1. The fourth-order valence-corrected chi connectivity index (χ4v) is 1.80. The molecule has 0 atom stereocenters. The summed E-state index contributed by atoms with van der Waals surface area (Å²) in [7, 11) is 1.12. The van der Waals surface area contributed by atoms with Gasteiger partial charge in [-0.2, -0.15) is 0 Å². The largest absolute Gasteiger partial charge is 0.491 e. The molecule has 1 heterocycles. The summed E-state index contributed by atoms with van der Waals surface area (Å²) in [5, 5.41) is 0. The lowest BCUT2D eigenvalue weighted by Gasteiger charge is -2.29. The molecule has 0 aromatic heterocycles. The van der Waals surface area contributed by atoms with Crippen molar-refractivity contribution in [3.05, 3.63) is 34.9 Å². The molecule has 0 saturated carbocycles. The summed E-state index contributed by atoms with van der Waals surface area (Å²) >= 11 is 0. The maximum absolute atomic E-state index is 13.6. The minimum Gasteiger partial charge on any atom is -0.491 e. The van der Waals surface area contributed by atoms with E-state index in [0.717, 1.165) is 25.3 Å². The number of esters is 2. The van der Waals surface area contributed by atoms with Gasteiger partial charge in [-0.1, -0.05) is 0 Å². The first-order valence-corrected chi connectivity index (χ1v) is 5.95. The van der Waals surface area contributed by atoms with E-state index in [0.29, 0.717) is 0 Å². The zero-order valence-electron chi connectivity index (χ0n) is 11.5. The molecule has 1 saturated heterocycles. The third-order valence-electron chi connectivity index (χ3n) is 2.65. The average Bonchev–Trinajstić information content (AvgIpc) is 2.32. The summed E-state index contributed by atoms with van der Waals surface area (Å²) in [6, 6.07) is 1.85. The minimum atomic E-state index is -1.37. The number of halogens is 2. The highest BCUT2D eigenvalue weighted by atomic mass is 19.1. The number of hydrogen-bond acceptors (Lipinski definition) is 5. The van der Waals surface area contributed by atoms with Gasteiger partial charge in [-0.05, 0) is 23.8 Å². The molecular weight excluding hydrogens is 286 g/mol. The molecule has 0 unspecified atom stereocenters. The highest BCUT2D eigenvalue weighted by Gasteiger charge is 2.38. The Labute approximate surface area is 119 Å². The van der Waals surface area contributed by atoms with Gasteiger partial charge < -0.3 is 14.2 Å². The third-order valence-corrected chi connectivity index (χ3v) is 2.65. The van der Waals surface area contributed by atoms with Gasteiger partial charge in [-0.25, -0.2) is 18.4 Å². The molecule has 0 amide bonds. The molecule has 2 rings (SSSR count). The number of cyclic esters (lactones) is 2. The number of rotatable bonds is 2. The summed E-state index contributed by atoms with van der Waals surface area (Å²) < 4.78 is 41.4. The molecule has 7 heteroatoms. The van der Waals surface area contributed by atoms with Crippen LogP contribution in [0, 0.1) is 11.6 Å². The molecule has 0 N–H and O–H groups in total. The van der Waals surface area contributed by atoms with Crippen LogP contribution < -0.4 is 4.74 Å². The first-order chi connectivity index (χ1) is 9.73. The quantitative estimate of drug-likeness (QED) is 0.476. The van der Waals surface area contributed by atoms with Crippen LogP contribution in [0.25, 0.3) is 6.08 Å². The van der Waals surface area contributed by atoms with Crippen molar-refractivity contribution in [3.63, 3.8) is 0 Å². The second-order valence-corrected chi connectivity index (χ2v) is 4.75. The van der Waals surface area contributed by atoms with Crippen LogP contribution in [-0.2, 0) is 19.1 Å². The Morgan fingerprint density at radius 1 is 1.10 bits per heavy atom. The van der Waals surface area contributed by atoms with Crippen molar-refractivity contribution in [1.82, 2.24) is 0 Å². The normalized spacial score (nSPS) is 17.1. The van der Waals surface area contributed by atoms with E-state index in [1.54, 1.807) is 0 Å². The van der Waals surface area contributed by atoms with Crippen LogP contribution in [0.5, 0.6) is 5.75 Å². The SMILES string of the molecule is COc1c(F)cc(C=C2C(=O)OC(C)(C)OC2=O)cc1F. The monoisotopic (exact) mass is 298 g/mol. The van der Waals surface area contributed by atoms with Gasteiger partial charge in [0.1, 0.15) is 5.57 Å². The van der Waals surface area contributed by atoms with Crippen molar-refractivity contribution in [2.24, 2.45) is 0 Å². The molecule has 1 aliphatic rings. The van der Waals surface area contributed by atoms with Crippen molar-refractivity contribution in [1.29, 1.82) is 0 Å². The van der Waals surface area contributed by atoms with Crippen molar-refractivity contribution < 1.29 is 32.6 Å². The molecule has 112 valence electrons. The molecule has 0 spiro atoms. The highest BCUT2D eigenvalue weighted by molar-refractivity contribution is 6.18. The Morgan fingerprint density at radius 3 is 2.00 bits per heavy atom. The molecule has 1 aliphatic heterocycles. The van der Waals surface area contributed by atoms with Crippen molar-refractivity contribution in [3.8, 4) is 5.75 Å². The summed E-state index contributed by atoms with van der Waals surface area (Å²) in [5.74, 6) is -5.68. The predicted molar refractivity (Wildman–Crippen MR) is 67.2 cm³/mol. The van der Waals surface area contributed by atoms with Crippen molar-refractivity contribution >= 4 is 18.0 Å². The van der Waals surface area contributed by atoms with Gasteiger partial charge in [0.2, 0.25) is 0 Å². The van der Waals surface area contributed by atoms with E-state index >= 15 is 0 Å². The second-order valence-electron chi connectivity index (χ2n) is 4.75. The lowest BCUT2D eigenvalue weighted by molar-refractivity contribution is -0.222. The van der Waals surface area contributed by atoms with Crippen LogP contribution in [0.3, 0.4) is 0 Å². The smallest absolute Gasteiger partial charge is 0.348 e. The molecule has 1 aromatic rings. The number of benzene rings is 1. The fraction of sp³-hybridized carbons (Fsp3) is 0.286. The van der Waals surface area contributed by atoms with E-state index < -0.39 is 40.7 Å². The molecule has 0 aliphatic carbocycles. The lowest BCUT2D eigenvalue weighted by Crippen LogP contribution is -2.41. The first-order valence-electron chi connectivity index (χ1n) is 5.95. The maximum Gasteiger partial charge on any atom is 0.348 e. The van der Waals surface area contributed by atoms with Crippen molar-refractivity contribution in [2.45, 2.75) is 19.6 Å². The molecule has 21 heavy (non-hydrogen) atoms. The minimum absolute atomic E-state index is 0.0330. The maximum atomic E-state index is 13.6. The fourth-order valence-electron chi connectivity index (χ4n) is 1.80. The van der Waals surface area contributed by atoms with E-state index in [2.05, 4.69) is 4.74 Å². The lowest BCUT2D eigenvalue weighted by atomic mass is 10.1. The Bertz CT molecular complexity index is 604. The van der Waals surface area contributed by atoms with Gasteiger partial charge in [0.25, 0.3) is 5.79 Å². The van der Waals surface area contributed by atoms with Gasteiger partial charge in [-0.15, -0.1) is 0 Å². The Kier molecular flexibility index (Phi) is 3.67. The third kappa shape index (κ3) is 3.01. The number of carbonyl (C=O) groups is 2. The van der Waals surface area contributed by atoms with Gasteiger partial charge in [0.15, 0.2) is 17.4 Å². The Balaban J connectivity index is 2.40. The molecule has 1 fully saturated rings. The summed E-state index contributed by atoms with van der Waals surface area (Å²) in [4.78, 5) is 23.4. The van der Waals surface area contributed by atoms with Crippen LogP contribution in [0.15, 0.2) is 17.7 Å². The van der Waals surface area contributed by atoms with E-state index in [1.165, 1.54) is 13.8 Å². The van der Waals surface area contributed by atoms with Crippen LogP contribution in [-0.4, -0.2) is 24.8 Å². The summed E-state index contributed by atoms with van der Waals surface area (Å²) in [6.45, 7) is 2.79. The van der Waals surface area contributed by atoms with E-state index in [4.69, 9.17) is 9.47 Å². The first kappa shape index (κ1) is 15.0. The van der Waals surface area contributed by atoms with E-state index in [9.17, 15) is 18.4 Å². The molecule has 1 aromatic carbocycles. The van der Waals surface area contributed by atoms with E-state index in [-0.39, 0.29) is 5.56 Å². The zero-order chi connectivity index (χ0) is 15.8. The van der Waals surface area contributed by atoms with Gasteiger partial charge in [-0.3, -0.25) is 0 Å². The highest BCUT2D eigenvalue weighted by Crippen LogP contribution is 2.27. The molecule has 5 nitrogen and oxygen atoms in total. The number of hydrogen-bond donors (Lipinski definition) is 0. The predicted octanol–water partition coefficient (Wildman–Crippen LogP) is 2.19. The molecular formula is C14H12F2O5. The van der Waals surface area contributed by atoms with Gasteiger partial charge in [0, 0.05) is 13.8 Å². The second kappa shape index (κ2) is 5.16. The standard InChI is InChI=1S/C14H12F2O5/c1-14(2)20-12(17)8(13(18)21-14)4-7-5-9(15)11(19-3)10(16)6-7/h4-6H,1-3H3. The van der Waals surface area contributed by atoms with Crippen LogP contribution >= 0.6 is 0 Å². The van der Waals surface area contributed by atoms with Crippen LogP contribution in [0.4, 0.5) is 8.78 Å². The zero-order valence-corrected chi connectivity index (χ0v) is 11.5. The van der Waals surface area contributed by atoms with Crippen LogP contribution in [0.1, 0.15) is 19.4 Å². The van der Waals surface area contributed by atoms with Crippen LogP contribution in [0.2, 0.25) is 0 Å². The number of ether oxygens (including phenoxy) is 3.